The van der Waals surface area contributed by atoms with Gasteiger partial charge in [-0.25, -0.2) is 4.79 Å². The van der Waals surface area contributed by atoms with Crippen molar-refractivity contribution < 1.29 is 14.3 Å². The van der Waals surface area contributed by atoms with E-state index in [2.05, 4.69) is 17.9 Å². The monoisotopic (exact) mass is 251 g/mol. The van der Waals surface area contributed by atoms with Crippen LogP contribution >= 0.6 is 24.4 Å². The highest BCUT2D eigenvalue weighted by Gasteiger charge is 2.43. The summed E-state index contributed by atoms with van der Waals surface area (Å²) in [5.41, 5.74) is 0. The topological polar surface area (TPSA) is 55.4 Å². The van der Waals surface area contributed by atoms with Crippen LogP contribution in [0.4, 0.5) is 0 Å². The molecule has 15 heavy (non-hydrogen) atoms. The van der Waals surface area contributed by atoms with E-state index in [0.29, 0.717) is 0 Å². The van der Waals surface area contributed by atoms with Crippen LogP contribution in [-0.2, 0) is 14.3 Å². The van der Waals surface area contributed by atoms with Crippen molar-refractivity contribution in [2.45, 2.75) is 25.6 Å². The average molecular weight is 251 g/mol. The first kappa shape index (κ1) is 14.6. The predicted molar refractivity (Wildman–Crippen MR) is 64.8 cm³/mol. The van der Waals surface area contributed by atoms with Crippen molar-refractivity contribution in [1.29, 1.82) is 0 Å². The Labute approximate surface area is 99.9 Å². The maximum Gasteiger partial charge on any atom is 0.343 e. The molecule has 0 fully saturated rings. The third kappa shape index (κ3) is 3.61. The van der Waals surface area contributed by atoms with E-state index < -0.39 is 10.8 Å². The molecule has 1 amide bonds. The third-order valence-corrected chi connectivity index (χ3v) is 3.51. The Morgan fingerprint density at radius 3 is 2.33 bits per heavy atom. The molecule has 0 bridgehead atoms. The van der Waals surface area contributed by atoms with Crippen LogP contribution in [0.25, 0.3) is 0 Å². The minimum atomic E-state index is -1.02. The van der Waals surface area contributed by atoms with Gasteiger partial charge in [-0.1, -0.05) is 13.8 Å². The molecular weight excluding hydrogens is 234 g/mol. The van der Waals surface area contributed by atoms with Crippen LogP contribution in [0.3, 0.4) is 0 Å². The normalized spacial score (nSPS) is 14.5. The molecule has 0 rings (SSSR count). The van der Waals surface area contributed by atoms with Crippen LogP contribution in [0.15, 0.2) is 0 Å². The standard InChI is InChI=1S/C9H17NO3S2/c1-6(2)9(15-4,10-7(3)11)8(12)13-5-14/h6,14H,5H2,1-4H3,(H,10,11). The first-order valence-corrected chi connectivity index (χ1v) is 6.38. The summed E-state index contributed by atoms with van der Waals surface area (Å²) >= 11 is 5.09. The maximum absolute atomic E-state index is 11.8. The van der Waals surface area contributed by atoms with Crippen molar-refractivity contribution in [3.63, 3.8) is 0 Å². The number of ether oxygens (including phenoxy) is 1. The lowest BCUT2D eigenvalue weighted by Crippen LogP contribution is -2.55. The van der Waals surface area contributed by atoms with Crippen LogP contribution < -0.4 is 5.32 Å². The van der Waals surface area contributed by atoms with Gasteiger partial charge in [0.2, 0.25) is 5.91 Å². The fourth-order valence-corrected chi connectivity index (χ4v) is 2.29. The molecule has 0 aliphatic carbocycles. The zero-order chi connectivity index (χ0) is 12.1. The number of amides is 1. The van der Waals surface area contributed by atoms with Crippen LogP contribution in [0.2, 0.25) is 0 Å². The molecule has 0 spiro atoms. The first-order chi connectivity index (χ1) is 6.90. The Morgan fingerprint density at radius 2 is 2.07 bits per heavy atom. The lowest BCUT2D eigenvalue weighted by molar-refractivity contribution is -0.148. The summed E-state index contributed by atoms with van der Waals surface area (Å²) in [6.07, 6.45) is 1.76. The summed E-state index contributed by atoms with van der Waals surface area (Å²) in [6.45, 7) is 5.08. The number of carbonyl (C=O) groups excluding carboxylic acids is 2. The van der Waals surface area contributed by atoms with Crippen molar-refractivity contribution in [2.24, 2.45) is 5.92 Å². The highest BCUT2D eigenvalue weighted by molar-refractivity contribution is 8.00. The fourth-order valence-electron chi connectivity index (χ4n) is 1.23. The summed E-state index contributed by atoms with van der Waals surface area (Å²) < 4.78 is 4.85. The highest BCUT2D eigenvalue weighted by atomic mass is 32.2. The lowest BCUT2D eigenvalue weighted by Gasteiger charge is -2.33. The molecule has 0 heterocycles. The molecule has 0 aliphatic rings. The van der Waals surface area contributed by atoms with Gasteiger partial charge in [0.1, 0.15) is 5.94 Å². The second kappa shape index (κ2) is 6.27. The van der Waals surface area contributed by atoms with Crippen LogP contribution in [0, 0.1) is 5.92 Å². The van der Waals surface area contributed by atoms with Gasteiger partial charge in [-0.2, -0.15) is 0 Å². The molecule has 0 aromatic heterocycles. The smallest absolute Gasteiger partial charge is 0.343 e. The second-order valence-corrected chi connectivity index (χ2v) is 4.65. The summed E-state index contributed by atoms with van der Waals surface area (Å²) in [4.78, 5) is 21.8. The molecule has 0 saturated heterocycles. The van der Waals surface area contributed by atoms with Gasteiger partial charge in [-0.3, -0.25) is 4.79 Å². The van der Waals surface area contributed by atoms with E-state index >= 15 is 0 Å². The zero-order valence-corrected chi connectivity index (χ0v) is 11.1. The molecule has 6 heteroatoms. The van der Waals surface area contributed by atoms with Crippen molar-refractivity contribution in [2.75, 3.05) is 12.2 Å². The van der Waals surface area contributed by atoms with Gasteiger partial charge in [-0.05, 0) is 12.2 Å². The molecule has 0 aromatic carbocycles. The molecule has 4 nitrogen and oxygen atoms in total. The SMILES string of the molecule is CSC(NC(C)=O)(C(=O)OCS)C(C)C. The number of carbonyl (C=O) groups is 2. The van der Waals surface area contributed by atoms with E-state index in [1.807, 2.05) is 13.8 Å². The third-order valence-electron chi connectivity index (χ3n) is 2.00. The Kier molecular flexibility index (Phi) is 6.12. The molecule has 0 saturated carbocycles. The molecular formula is C9H17NO3S2. The quantitative estimate of drug-likeness (QED) is 0.439. The van der Waals surface area contributed by atoms with E-state index in [1.165, 1.54) is 18.7 Å². The summed E-state index contributed by atoms with van der Waals surface area (Å²) in [6, 6.07) is 0. The van der Waals surface area contributed by atoms with Crippen molar-refractivity contribution >= 4 is 36.3 Å². The average Bonchev–Trinajstić information content (AvgIpc) is 2.13. The Morgan fingerprint density at radius 1 is 1.53 bits per heavy atom. The number of thiol groups is 1. The number of hydrogen-bond donors (Lipinski definition) is 2. The molecule has 1 N–H and O–H groups in total. The first-order valence-electron chi connectivity index (χ1n) is 4.52. The van der Waals surface area contributed by atoms with Gasteiger partial charge in [-0.15, -0.1) is 24.4 Å². The summed E-state index contributed by atoms with van der Waals surface area (Å²) in [5, 5.41) is 2.64. The van der Waals surface area contributed by atoms with Gasteiger partial charge in [0, 0.05) is 6.92 Å². The number of hydrogen-bond acceptors (Lipinski definition) is 5. The largest absolute Gasteiger partial charge is 0.452 e. The molecule has 0 aliphatic heterocycles. The van der Waals surface area contributed by atoms with E-state index in [0.717, 1.165) is 0 Å². The van der Waals surface area contributed by atoms with Crippen LogP contribution in [-0.4, -0.2) is 28.9 Å². The van der Waals surface area contributed by atoms with Crippen molar-refractivity contribution in [1.82, 2.24) is 5.32 Å². The van der Waals surface area contributed by atoms with Crippen molar-refractivity contribution in [3.8, 4) is 0 Å². The fraction of sp³-hybridized carbons (Fsp3) is 0.778. The number of thioether (sulfide) groups is 1. The van der Waals surface area contributed by atoms with Gasteiger partial charge in [0.05, 0.1) is 0 Å². The van der Waals surface area contributed by atoms with Crippen molar-refractivity contribution in [3.05, 3.63) is 0 Å². The Bertz CT molecular complexity index is 246. The van der Waals surface area contributed by atoms with Crippen LogP contribution in [0.5, 0.6) is 0 Å². The Hall–Kier alpha value is -0.360. The molecule has 88 valence electrons. The maximum atomic E-state index is 11.8. The summed E-state index contributed by atoms with van der Waals surface area (Å²) in [7, 11) is 0. The van der Waals surface area contributed by atoms with Gasteiger partial charge in [0.25, 0.3) is 0 Å². The van der Waals surface area contributed by atoms with Gasteiger partial charge >= 0.3 is 5.97 Å². The van der Waals surface area contributed by atoms with E-state index in [-0.39, 0.29) is 17.8 Å². The number of esters is 1. The highest BCUT2D eigenvalue weighted by Crippen LogP contribution is 2.30. The van der Waals surface area contributed by atoms with Gasteiger partial charge in [0.15, 0.2) is 4.87 Å². The molecule has 1 atom stereocenters. The number of rotatable bonds is 5. The molecule has 0 radical (unpaired) electrons. The Balaban J connectivity index is 4.96. The molecule has 0 aromatic rings. The van der Waals surface area contributed by atoms with E-state index in [4.69, 9.17) is 4.74 Å². The summed E-state index contributed by atoms with van der Waals surface area (Å²) in [5.74, 6) is -0.777. The predicted octanol–water partition coefficient (Wildman–Crippen LogP) is 1.27. The number of nitrogens with one attached hydrogen (secondary N) is 1. The minimum absolute atomic E-state index is 0.00739. The zero-order valence-electron chi connectivity index (χ0n) is 9.36. The van der Waals surface area contributed by atoms with Crippen LogP contribution in [0.1, 0.15) is 20.8 Å². The van der Waals surface area contributed by atoms with E-state index in [1.54, 1.807) is 6.26 Å². The van der Waals surface area contributed by atoms with E-state index in [9.17, 15) is 9.59 Å². The molecule has 1 unspecified atom stereocenters. The second-order valence-electron chi connectivity index (χ2n) is 3.34. The minimum Gasteiger partial charge on any atom is -0.452 e. The van der Waals surface area contributed by atoms with Gasteiger partial charge < -0.3 is 10.1 Å². The lowest BCUT2D eigenvalue weighted by atomic mass is 10.0.